The van der Waals surface area contributed by atoms with Crippen LogP contribution >= 0.6 is 0 Å². The molecule has 0 radical (unpaired) electrons. The molecule has 0 aromatic rings. The van der Waals surface area contributed by atoms with Crippen LogP contribution in [0.2, 0.25) is 0 Å². The normalized spacial score (nSPS) is 23.9. The molecule has 1 rings (SSSR count). The number of ether oxygens (including phenoxy) is 1. The van der Waals surface area contributed by atoms with Gasteiger partial charge >= 0.3 is 0 Å². The van der Waals surface area contributed by atoms with Crippen LogP contribution in [0, 0.1) is 0 Å². The number of aliphatic hydroxyl groups excluding tert-OH is 1. The summed E-state index contributed by atoms with van der Waals surface area (Å²) in [4.78, 5) is 13.1. The number of β-amino-alcohol motifs (C(OH)–C–C–N with tert-alkyl or cyclic N) is 1. The summed E-state index contributed by atoms with van der Waals surface area (Å²) in [5, 5.41) is 9.85. The lowest BCUT2D eigenvalue weighted by Crippen LogP contribution is -2.45. The highest BCUT2D eigenvalue weighted by atomic mass is 16.5. The highest BCUT2D eigenvalue weighted by Crippen LogP contribution is 2.17. The van der Waals surface area contributed by atoms with E-state index in [4.69, 9.17) is 10.5 Å². The van der Waals surface area contributed by atoms with Crippen molar-refractivity contribution in [3.8, 4) is 0 Å². The molecule has 1 heterocycles. The second-order valence-electron chi connectivity index (χ2n) is 5.63. The maximum absolute atomic E-state index is 11.2. The topological polar surface area (TPSA) is 75.8 Å². The molecule has 0 unspecified atom stereocenters. The van der Waals surface area contributed by atoms with Gasteiger partial charge < -0.3 is 15.6 Å². The van der Waals surface area contributed by atoms with Crippen molar-refractivity contribution in [2.45, 2.75) is 51.4 Å². The molecular weight excluding hydrogens is 220 g/mol. The molecule has 3 N–H and O–H groups in total. The van der Waals surface area contributed by atoms with Gasteiger partial charge in [0.05, 0.1) is 24.4 Å². The van der Waals surface area contributed by atoms with Gasteiger partial charge in [0.1, 0.15) is 0 Å². The predicted molar refractivity (Wildman–Crippen MR) is 65.5 cm³/mol. The molecular formula is C12H24N2O3. The van der Waals surface area contributed by atoms with Crippen molar-refractivity contribution in [3.63, 3.8) is 0 Å². The lowest BCUT2D eigenvalue weighted by Gasteiger charge is -2.27. The quantitative estimate of drug-likeness (QED) is 0.720. The van der Waals surface area contributed by atoms with Crippen molar-refractivity contribution in [2.24, 2.45) is 5.73 Å². The molecule has 0 aromatic carbocycles. The third-order valence-corrected chi connectivity index (χ3v) is 2.85. The van der Waals surface area contributed by atoms with Gasteiger partial charge in [-0.3, -0.25) is 9.69 Å². The van der Waals surface area contributed by atoms with Crippen LogP contribution in [0.5, 0.6) is 0 Å². The van der Waals surface area contributed by atoms with Gasteiger partial charge in [0.2, 0.25) is 5.91 Å². The summed E-state index contributed by atoms with van der Waals surface area (Å²) in [6, 6.07) is -0.223. The monoisotopic (exact) mass is 244 g/mol. The van der Waals surface area contributed by atoms with Crippen molar-refractivity contribution in [1.29, 1.82) is 0 Å². The SMILES string of the molecule is CC(C)(C)OC[C@H](O)CN1CCC[C@H]1C(N)=O. The van der Waals surface area contributed by atoms with Gasteiger partial charge in [-0.05, 0) is 40.2 Å². The van der Waals surface area contributed by atoms with E-state index in [0.29, 0.717) is 6.54 Å². The Kier molecular flexibility index (Phi) is 4.91. The molecule has 1 aliphatic heterocycles. The molecule has 0 aliphatic carbocycles. The van der Waals surface area contributed by atoms with E-state index in [9.17, 15) is 9.90 Å². The van der Waals surface area contributed by atoms with Crippen LogP contribution in [-0.2, 0) is 9.53 Å². The van der Waals surface area contributed by atoms with Crippen molar-refractivity contribution < 1.29 is 14.6 Å². The van der Waals surface area contributed by atoms with E-state index < -0.39 is 6.10 Å². The number of amides is 1. The Morgan fingerprint density at radius 2 is 2.24 bits per heavy atom. The maximum atomic E-state index is 11.2. The lowest BCUT2D eigenvalue weighted by atomic mass is 10.2. The molecule has 2 atom stereocenters. The second kappa shape index (κ2) is 5.80. The number of hydrogen-bond donors (Lipinski definition) is 2. The first-order chi connectivity index (χ1) is 7.79. The fraction of sp³-hybridized carbons (Fsp3) is 0.917. The van der Waals surface area contributed by atoms with Crippen LogP contribution in [0.1, 0.15) is 33.6 Å². The van der Waals surface area contributed by atoms with Crippen molar-refractivity contribution in [3.05, 3.63) is 0 Å². The van der Waals surface area contributed by atoms with E-state index in [0.717, 1.165) is 19.4 Å². The fourth-order valence-corrected chi connectivity index (χ4v) is 2.04. The van der Waals surface area contributed by atoms with Crippen LogP contribution in [0.15, 0.2) is 0 Å². The summed E-state index contributed by atoms with van der Waals surface area (Å²) >= 11 is 0. The Labute approximate surface area is 103 Å². The van der Waals surface area contributed by atoms with Crippen molar-refractivity contribution in [1.82, 2.24) is 4.90 Å². The average molecular weight is 244 g/mol. The summed E-state index contributed by atoms with van der Waals surface area (Å²) in [6.07, 6.45) is 1.18. The molecule has 1 fully saturated rings. The van der Waals surface area contributed by atoms with Gasteiger partial charge in [0.15, 0.2) is 0 Å². The molecule has 1 saturated heterocycles. The van der Waals surface area contributed by atoms with E-state index in [1.807, 2.05) is 25.7 Å². The summed E-state index contributed by atoms with van der Waals surface area (Å²) in [5.74, 6) is -0.300. The first-order valence-corrected chi connectivity index (χ1v) is 6.15. The van der Waals surface area contributed by atoms with Gasteiger partial charge in [-0.2, -0.15) is 0 Å². The summed E-state index contributed by atoms with van der Waals surface area (Å²) in [6.45, 7) is 7.39. The van der Waals surface area contributed by atoms with Crippen LogP contribution in [0.4, 0.5) is 0 Å². The minimum absolute atomic E-state index is 0.223. The van der Waals surface area contributed by atoms with E-state index in [-0.39, 0.29) is 24.2 Å². The Morgan fingerprint density at radius 1 is 1.59 bits per heavy atom. The Morgan fingerprint density at radius 3 is 2.76 bits per heavy atom. The molecule has 17 heavy (non-hydrogen) atoms. The number of primary amides is 1. The smallest absolute Gasteiger partial charge is 0.234 e. The number of aliphatic hydroxyl groups is 1. The molecule has 5 heteroatoms. The molecule has 100 valence electrons. The van der Waals surface area contributed by atoms with E-state index in [2.05, 4.69) is 0 Å². The summed E-state index contributed by atoms with van der Waals surface area (Å²) < 4.78 is 5.50. The standard InChI is InChI=1S/C12H24N2O3/c1-12(2,3)17-8-9(15)7-14-6-4-5-10(14)11(13)16/h9-10,15H,4-8H2,1-3H3,(H2,13,16)/t9-,10+/m1/s1. The Hall–Kier alpha value is -0.650. The largest absolute Gasteiger partial charge is 0.389 e. The number of hydrogen-bond acceptors (Lipinski definition) is 4. The van der Waals surface area contributed by atoms with E-state index >= 15 is 0 Å². The third kappa shape index (κ3) is 5.02. The lowest BCUT2D eigenvalue weighted by molar-refractivity contribution is -0.123. The highest BCUT2D eigenvalue weighted by Gasteiger charge is 2.30. The minimum atomic E-state index is -0.575. The number of carbonyl (C=O) groups excluding carboxylic acids is 1. The number of likely N-dealkylation sites (tertiary alicyclic amines) is 1. The summed E-state index contributed by atoms with van der Waals surface area (Å²) in [7, 11) is 0. The van der Waals surface area contributed by atoms with Gasteiger partial charge in [0.25, 0.3) is 0 Å². The number of nitrogens with two attached hydrogens (primary N) is 1. The van der Waals surface area contributed by atoms with Gasteiger partial charge in [-0.15, -0.1) is 0 Å². The second-order valence-corrected chi connectivity index (χ2v) is 5.63. The average Bonchev–Trinajstić information content (AvgIpc) is 2.62. The predicted octanol–water partition coefficient (Wildman–Crippen LogP) is 0.112. The summed E-state index contributed by atoms with van der Waals surface area (Å²) in [5.41, 5.74) is 5.06. The van der Waals surface area contributed by atoms with Crippen LogP contribution in [-0.4, -0.2) is 53.4 Å². The van der Waals surface area contributed by atoms with Crippen LogP contribution < -0.4 is 5.73 Å². The van der Waals surface area contributed by atoms with Gasteiger partial charge in [-0.1, -0.05) is 0 Å². The number of carbonyl (C=O) groups is 1. The number of nitrogens with zero attached hydrogens (tertiary/aromatic N) is 1. The number of rotatable bonds is 5. The molecule has 0 spiro atoms. The zero-order valence-corrected chi connectivity index (χ0v) is 11.0. The Bertz CT molecular complexity index is 263. The van der Waals surface area contributed by atoms with Crippen LogP contribution in [0.25, 0.3) is 0 Å². The molecule has 5 nitrogen and oxygen atoms in total. The van der Waals surface area contributed by atoms with Gasteiger partial charge in [0, 0.05) is 6.54 Å². The fourth-order valence-electron chi connectivity index (χ4n) is 2.04. The zero-order valence-electron chi connectivity index (χ0n) is 11.0. The van der Waals surface area contributed by atoms with E-state index in [1.54, 1.807) is 0 Å². The highest BCUT2D eigenvalue weighted by molar-refractivity contribution is 5.80. The molecule has 1 aliphatic rings. The van der Waals surface area contributed by atoms with Crippen molar-refractivity contribution in [2.75, 3.05) is 19.7 Å². The molecule has 0 bridgehead atoms. The minimum Gasteiger partial charge on any atom is -0.389 e. The van der Waals surface area contributed by atoms with Crippen molar-refractivity contribution >= 4 is 5.91 Å². The molecule has 0 aromatic heterocycles. The third-order valence-electron chi connectivity index (χ3n) is 2.85. The molecule has 1 amide bonds. The van der Waals surface area contributed by atoms with E-state index in [1.165, 1.54) is 0 Å². The Balaban J connectivity index is 2.35. The first-order valence-electron chi connectivity index (χ1n) is 6.15. The maximum Gasteiger partial charge on any atom is 0.234 e. The van der Waals surface area contributed by atoms with Gasteiger partial charge in [-0.25, -0.2) is 0 Å². The first kappa shape index (κ1) is 14.4. The van der Waals surface area contributed by atoms with Crippen LogP contribution in [0.3, 0.4) is 0 Å². The zero-order chi connectivity index (χ0) is 13.1. The molecule has 0 saturated carbocycles.